The van der Waals surface area contributed by atoms with Crippen LogP contribution >= 0.6 is 11.6 Å². The van der Waals surface area contributed by atoms with Crippen molar-refractivity contribution in [1.29, 1.82) is 0 Å². The molecule has 0 atom stereocenters. The average Bonchev–Trinajstić information content (AvgIpc) is 2.16. The van der Waals surface area contributed by atoms with E-state index < -0.39 is 0 Å². The molecule has 0 aliphatic heterocycles. The molecule has 0 unspecified atom stereocenters. The highest BCUT2D eigenvalue weighted by Gasteiger charge is 2.28. The number of rotatable bonds is 3. The molecule has 0 radical (unpaired) electrons. The summed E-state index contributed by atoms with van der Waals surface area (Å²) in [5.74, 6) is 1.39. The number of aliphatic hydroxyl groups is 1. The predicted molar refractivity (Wildman–Crippen MR) is 61.2 cm³/mol. The molecule has 0 spiro atoms. The van der Waals surface area contributed by atoms with Gasteiger partial charge in [-0.1, -0.05) is 11.6 Å². The van der Waals surface area contributed by atoms with Gasteiger partial charge in [0.15, 0.2) is 0 Å². The molecule has 82 valence electrons. The summed E-state index contributed by atoms with van der Waals surface area (Å²) in [4.78, 5) is 6.29. The van der Waals surface area contributed by atoms with Gasteiger partial charge in [0.1, 0.15) is 5.82 Å². The second-order valence-corrected chi connectivity index (χ2v) is 4.59. The van der Waals surface area contributed by atoms with Crippen LogP contribution in [0.25, 0.3) is 0 Å². The van der Waals surface area contributed by atoms with Gasteiger partial charge < -0.3 is 10.0 Å². The first-order chi connectivity index (χ1) is 7.16. The molecular formula is C11H15ClN2O. The number of pyridine rings is 1. The zero-order valence-electron chi connectivity index (χ0n) is 8.73. The highest BCUT2D eigenvalue weighted by molar-refractivity contribution is 6.32. The molecule has 3 nitrogen and oxygen atoms in total. The Kier molecular flexibility index (Phi) is 3.12. The quantitative estimate of drug-likeness (QED) is 0.856. The summed E-state index contributed by atoms with van der Waals surface area (Å²) >= 11 is 6.04. The molecule has 2 rings (SSSR count). The van der Waals surface area contributed by atoms with E-state index in [1.807, 2.05) is 19.2 Å². The van der Waals surface area contributed by atoms with Crippen LogP contribution < -0.4 is 4.90 Å². The third-order valence-electron chi connectivity index (χ3n) is 2.84. The lowest BCUT2D eigenvalue weighted by Crippen LogP contribution is -2.37. The van der Waals surface area contributed by atoms with Gasteiger partial charge in [-0.05, 0) is 30.9 Å². The first-order valence-corrected chi connectivity index (χ1v) is 5.54. The van der Waals surface area contributed by atoms with Crippen LogP contribution in [0, 0.1) is 5.92 Å². The normalized spacial score (nSPS) is 24.7. The summed E-state index contributed by atoms with van der Waals surface area (Å²) in [5.41, 5.74) is 0. The second-order valence-electron chi connectivity index (χ2n) is 4.18. The van der Waals surface area contributed by atoms with Crippen molar-refractivity contribution in [3.63, 3.8) is 0 Å². The molecule has 1 N–H and O–H groups in total. The molecule has 0 amide bonds. The molecule has 0 bridgehead atoms. The fourth-order valence-corrected chi connectivity index (χ4v) is 2.25. The largest absolute Gasteiger partial charge is 0.393 e. The summed E-state index contributed by atoms with van der Waals surface area (Å²) in [6.07, 6.45) is 3.44. The summed E-state index contributed by atoms with van der Waals surface area (Å²) in [5, 5.41) is 9.88. The lowest BCUT2D eigenvalue weighted by atomic mass is 9.82. The number of nitrogens with zero attached hydrogens (tertiary/aromatic N) is 2. The van der Waals surface area contributed by atoms with E-state index in [0.717, 1.165) is 25.2 Å². The van der Waals surface area contributed by atoms with E-state index in [1.54, 1.807) is 6.20 Å². The van der Waals surface area contributed by atoms with Crippen molar-refractivity contribution in [2.45, 2.75) is 18.9 Å². The topological polar surface area (TPSA) is 36.4 Å². The van der Waals surface area contributed by atoms with Crippen LogP contribution in [-0.2, 0) is 0 Å². The number of aromatic nitrogens is 1. The standard InChI is InChI=1S/C11H15ClN2O/c1-14(7-8-5-9(15)6-8)11-10(12)3-2-4-13-11/h2-4,8-9,15H,5-7H2,1H3. The van der Waals surface area contributed by atoms with Crippen LogP contribution in [0.2, 0.25) is 5.02 Å². The van der Waals surface area contributed by atoms with Gasteiger partial charge in [0, 0.05) is 19.8 Å². The molecule has 1 fully saturated rings. The zero-order chi connectivity index (χ0) is 10.8. The monoisotopic (exact) mass is 226 g/mol. The molecule has 4 heteroatoms. The minimum atomic E-state index is -0.0948. The van der Waals surface area contributed by atoms with E-state index in [1.165, 1.54) is 0 Å². The Hall–Kier alpha value is -0.800. The van der Waals surface area contributed by atoms with E-state index in [9.17, 15) is 5.11 Å². The fraction of sp³-hybridized carbons (Fsp3) is 0.545. The van der Waals surface area contributed by atoms with E-state index in [-0.39, 0.29) is 6.10 Å². The lowest BCUT2D eigenvalue weighted by molar-refractivity contribution is 0.0464. The van der Waals surface area contributed by atoms with Crippen LogP contribution in [0.5, 0.6) is 0 Å². The Morgan fingerprint density at radius 2 is 2.33 bits per heavy atom. The lowest BCUT2D eigenvalue weighted by Gasteiger charge is -2.34. The summed E-state index contributed by atoms with van der Waals surface area (Å²) < 4.78 is 0. The molecule has 0 aromatic carbocycles. The Balaban J connectivity index is 1.96. The molecule has 1 aliphatic carbocycles. The third-order valence-corrected chi connectivity index (χ3v) is 3.14. The van der Waals surface area contributed by atoms with Crippen molar-refractivity contribution in [3.05, 3.63) is 23.4 Å². The Morgan fingerprint density at radius 1 is 1.60 bits per heavy atom. The summed E-state index contributed by atoms with van der Waals surface area (Å²) in [6, 6.07) is 3.67. The fourth-order valence-electron chi connectivity index (χ4n) is 1.98. The smallest absolute Gasteiger partial charge is 0.147 e. The first kappa shape index (κ1) is 10.7. The van der Waals surface area contributed by atoms with Crippen LogP contribution in [0.1, 0.15) is 12.8 Å². The van der Waals surface area contributed by atoms with E-state index >= 15 is 0 Å². The van der Waals surface area contributed by atoms with Gasteiger partial charge in [-0.15, -0.1) is 0 Å². The average molecular weight is 227 g/mol. The van der Waals surface area contributed by atoms with E-state index in [0.29, 0.717) is 10.9 Å². The van der Waals surface area contributed by atoms with Crippen LogP contribution in [0.15, 0.2) is 18.3 Å². The van der Waals surface area contributed by atoms with Gasteiger partial charge >= 0.3 is 0 Å². The maximum absolute atomic E-state index is 9.20. The number of anilines is 1. The van der Waals surface area contributed by atoms with Gasteiger partial charge in [0.25, 0.3) is 0 Å². The zero-order valence-corrected chi connectivity index (χ0v) is 9.48. The molecule has 1 heterocycles. The molecule has 1 aromatic heterocycles. The molecule has 15 heavy (non-hydrogen) atoms. The van der Waals surface area contributed by atoms with Crippen LogP contribution in [-0.4, -0.2) is 29.8 Å². The Bertz CT molecular complexity index is 339. The van der Waals surface area contributed by atoms with Crippen LogP contribution in [0.4, 0.5) is 5.82 Å². The number of aliphatic hydroxyl groups excluding tert-OH is 1. The highest BCUT2D eigenvalue weighted by Crippen LogP contribution is 2.30. The van der Waals surface area contributed by atoms with Gasteiger partial charge in [-0.2, -0.15) is 0 Å². The summed E-state index contributed by atoms with van der Waals surface area (Å²) in [6.45, 7) is 0.911. The molecule has 0 saturated heterocycles. The molecule has 1 aliphatic rings. The minimum Gasteiger partial charge on any atom is -0.393 e. The minimum absolute atomic E-state index is 0.0948. The summed E-state index contributed by atoms with van der Waals surface area (Å²) in [7, 11) is 1.99. The van der Waals surface area contributed by atoms with Gasteiger partial charge in [0.2, 0.25) is 0 Å². The van der Waals surface area contributed by atoms with E-state index in [4.69, 9.17) is 11.6 Å². The SMILES string of the molecule is CN(CC1CC(O)C1)c1ncccc1Cl. The molecular weight excluding hydrogens is 212 g/mol. The van der Waals surface area contributed by atoms with Crippen LogP contribution in [0.3, 0.4) is 0 Å². The van der Waals surface area contributed by atoms with Crippen molar-refractivity contribution in [2.24, 2.45) is 5.92 Å². The number of halogens is 1. The van der Waals surface area contributed by atoms with Crippen molar-refractivity contribution >= 4 is 17.4 Å². The molecule has 1 saturated carbocycles. The van der Waals surface area contributed by atoms with Gasteiger partial charge in [-0.3, -0.25) is 0 Å². The third kappa shape index (κ3) is 2.41. The highest BCUT2D eigenvalue weighted by atomic mass is 35.5. The van der Waals surface area contributed by atoms with Crippen molar-refractivity contribution in [2.75, 3.05) is 18.5 Å². The number of hydrogen-bond donors (Lipinski definition) is 1. The van der Waals surface area contributed by atoms with Gasteiger partial charge in [-0.25, -0.2) is 4.98 Å². The van der Waals surface area contributed by atoms with Gasteiger partial charge in [0.05, 0.1) is 11.1 Å². The maximum Gasteiger partial charge on any atom is 0.147 e. The van der Waals surface area contributed by atoms with Crippen molar-refractivity contribution < 1.29 is 5.11 Å². The number of hydrogen-bond acceptors (Lipinski definition) is 3. The van der Waals surface area contributed by atoms with E-state index in [2.05, 4.69) is 9.88 Å². The Labute approximate surface area is 94.7 Å². The Morgan fingerprint density at radius 3 is 2.93 bits per heavy atom. The van der Waals surface area contributed by atoms with Crippen molar-refractivity contribution in [1.82, 2.24) is 4.98 Å². The first-order valence-electron chi connectivity index (χ1n) is 5.16. The second kappa shape index (κ2) is 4.37. The molecule has 1 aromatic rings. The predicted octanol–water partition coefficient (Wildman–Crippen LogP) is 1.94. The maximum atomic E-state index is 9.20. The van der Waals surface area contributed by atoms with Crippen molar-refractivity contribution in [3.8, 4) is 0 Å².